The Kier molecular flexibility index (Phi) is 3.24. The van der Waals surface area contributed by atoms with Gasteiger partial charge in [-0.25, -0.2) is 5.43 Å². The molecule has 0 aliphatic carbocycles. The Hall–Kier alpha value is -1.78. The van der Waals surface area contributed by atoms with Crippen LogP contribution >= 0.6 is 0 Å². The molecule has 2 aromatic heterocycles. The van der Waals surface area contributed by atoms with Crippen molar-refractivity contribution in [1.82, 2.24) is 15.4 Å². The quantitative estimate of drug-likeness (QED) is 0.597. The Bertz CT molecular complexity index is 456. The van der Waals surface area contributed by atoms with Crippen molar-refractivity contribution < 1.29 is 0 Å². The average Bonchev–Trinajstić information content (AvgIpc) is 2.31. The lowest BCUT2D eigenvalue weighted by Crippen LogP contribution is -2.29. The minimum absolute atomic E-state index is 0.0459. The molecule has 2 heterocycles. The number of rotatable bonds is 3. The highest BCUT2D eigenvalue weighted by molar-refractivity contribution is 5.30. The summed E-state index contributed by atoms with van der Waals surface area (Å²) in [6, 6.07) is 5.90. The molecule has 0 amide bonds. The van der Waals surface area contributed by atoms with Crippen molar-refractivity contribution in [2.75, 3.05) is 0 Å². The molecule has 0 aliphatic rings. The average molecular weight is 214 g/mol. The zero-order valence-electron chi connectivity index (χ0n) is 9.09. The molecule has 3 N–H and O–H groups in total. The fourth-order valence-electron chi connectivity index (χ4n) is 1.68. The van der Waals surface area contributed by atoms with Crippen LogP contribution in [0.2, 0.25) is 0 Å². The first-order valence-corrected chi connectivity index (χ1v) is 5.09. The second kappa shape index (κ2) is 4.83. The summed E-state index contributed by atoms with van der Waals surface area (Å²) < 4.78 is 0. The maximum absolute atomic E-state index is 5.59. The molecule has 2 rings (SSSR count). The summed E-state index contributed by atoms with van der Waals surface area (Å²) in [4.78, 5) is 8.16. The van der Waals surface area contributed by atoms with Crippen LogP contribution in [0.25, 0.3) is 0 Å². The number of nitrogens with one attached hydrogen (secondary N) is 1. The number of aromatic nitrogens is 2. The van der Waals surface area contributed by atoms with E-state index in [9.17, 15) is 0 Å². The highest BCUT2D eigenvalue weighted by atomic mass is 15.2. The van der Waals surface area contributed by atoms with Crippen LogP contribution in [0.3, 0.4) is 0 Å². The molecule has 0 saturated heterocycles. The van der Waals surface area contributed by atoms with Gasteiger partial charge in [0, 0.05) is 24.8 Å². The summed E-state index contributed by atoms with van der Waals surface area (Å²) in [7, 11) is 0. The van der Waals surface area contributed by atoms with Crippen LogP contribution in [-0.4, -0.2) is 9.97 Å². The summed E-state index contributed by atoms with van der Waals surface area (Å²) in [6.07, 6.45) is 7.15. The molecule has 4 heteroatoms. The molecular formula is C12H14N4. The maximum Gasteiger partial charge on any atom is 0.0726 e. The normalized spacial score (nSPS) is 12.4. The van der Waals surface area contributed by atoms with Crippen LogP contribution in [0.5, 0.6) is 0 Å². The SMILES string of the molecule is Cc1cncc(C(NN)c2ccncc2)c1. The molecule has 0 bridgehead atoms. The maximum atomic E-state index is 5.59. The third kappa shape index (κ3) is 2.24. The second-order valence-electron chi connectivity index (χ2n) is 3.68. The van der Waals surface area contributed by atoms with Crippen molar-refractivity contribution in [3.05, 3.63) is 59.7 Å². The molecular weight excluding hydrogens is 200 g/mol. The Morgan fingerprint density at radius 3 is 2.50 bits per heavy atom. The number of nitrogens with zero attached hydrogens (tertiary/aromatic N) is 2. The highest BCUT2D eigenvalue weighted by Crippen LogP contribution is 2.20. The minimum Gasteiger partial charge on any atom is -0.271 e. The molecule has 0 spiro atoms. The Balaban J connectivity index is 2.37. The number of aryl methyl sites for hydroxylation is 1. The molecule has 0 aliphatic heterocycles. The van der Waals surface area contributed by atoms with Gasteiger partial charge in [-0.05, 0) is 35.7 Å². The molecule has 0 saturated carbocycles. The highest BCUT2D eigenvalue weighted by Gasteiger charge is 2.12. The Labute approximate surface area is 94.5 Å². The van der Waals surface area contributed by atoms with Crippen molar-refractivity contribution in [3.63, 3.8) is 0 Å². The smallest absolute Gasteiger partial charge is 0.0726 e. The van der Waals surface area contributed by atoms with E-state index in [0.29, 0.717) is 0 Å². The van der Waals surface area contributed by atoms with Crippen LogP contribution in [0.4, 0.5) is 0 Å². The largest absolute Gasteiger partial charge is 0.271 e. The standard InChI is InChI=1S/C12H14N4/c1-9-6-11(8-15-7-9)12(16-13)10-2-4-14-5-3-10/h2-8,12,16H,13H2,1H3. The topological polar surface area (TPSA) is 63.8 Å². The zero-order valence-corrected chi connectivity index (χ0v) is 9.09. The zero-order chi connectivity index (χ0) is 11.4. The van der Waals surface area contributed by atoms with Gasteiger partial charge in [0.15, 0.2) is 0 Å². The molecule has 82 valence electrons. The van der Waals surface area contributed by atoms with Crippen LogP contribution in [0.1, 0.15) is 22.7 Å². The van der Waals surface area contributed by atoms with Gasteiger partial charge in [0.1, 0.15) is 0 Å². The third-order valence-corrected chi connectivity index (χ3v) is 2.44. The van der Waals surface area contributed by atoms with Gasteiger partial charge >= 0.3 is 0 Å². The first kappa shape index (κ1) is 10.7. The van der Waals surface area contributed by atoms with Gasteiger partial charge in [-0.15, -0.1) is 0 Å². The van der Waals surface area contributed by atoms with E-state index in [4.69, 9.17) is 5.84 Å². The summed E-state index contributed by atoms with van der Waals surface area (Å²) >= 11 is 0. The molecule has 0 radical (unpaired) electrons. The molecule has 16 heavy (non-hydrogen) atoms. The lowest BCUT2D eigenvalue weighted by molar-refractivity contribution is 0.633. The van der Waals surface area contributed by atoms with Crippen LogP contribution in [0, 0.1) is 6.92 Å². The number of hydrogen-bond donors (Lipinski definition) is 2. The van der Waals surface area contributed by atoms with Gasteiger partial charge in [0.05, 0.1) is 6.04 Å². The first-order chi connectivity index (χ1) is 7.81. The van der Waals surface area contributed by atoms with Crippen LogP contribution in [-0.2, 0) is 0 Å². The Morgan fingerprint density at radius 2 is 1.88 bits per heavy atom. The van der Waals surface area contributed by atoms with Crippen LogP contribution < -0.4 is 11.3 Å². The molecule has 1 unspecified atom stereocenters. The summed E-state index contributed by atoms with van der Waals surface area (Å²) in [5.74, 6) is 5.59. The van der Waals surface area contributed by atoms with E-state index in [0.717, 1.165) is 16.7 Å². The molecule has 0 aromatic carbocycles. The molecule has 1 atom stereocenters. The fourth-order valence-corrected chi connectivity index (χ4v) is 1.68. The van der Waals surface area contributed by atoms with E-state index in [-0.39, 0.29) is 6.04 Å². The van der Waals surface area contributed by atoms with Gasteiger partial charge < -0.3 is 0 Å². The fraction of sp³-hybridized carbons (Fsp3) is 0.167. The molecule has 0 fully saturated rings. The lowest BCUT2D eigenvalue weighted by atomic mass is 10.0. The van der Waals surface area contributed by atoms with Crippen molar-refractivity contribution >= 4 is 0 Å². The van der Waals surface area contributed by atoms with Crippen molar-refractivity contribution in [2.24, 2.45) is 5.84 Å². The van der Waals surface area contributed by atoms with Crippen molar-refractivity contribution in [3.8, 4) is 0 Å². The van der Waals surface area contributed by atoms with E-state index >= 15 is 0 Å². The first-order valence-electron chi connectivity index (χ1n) is 5.09. The number of hydrazine groups is 1. The van der Waals surface area contributed by atoms with Gasteiger partial charge in [0.2, 0.25) is 0 Å². The van der Waals surface area contributed by atoms with Crippen molar-refractivity contribution in [1.29, 1.82) is 0 Å². The number of nitrogens with two attached hydrogens (primary N) is 1. The van der Waals surface area contributed by atoms with Gasteiger partial charge in [-0.3, -0.25) is 15.8 Å². The Morgan fingerprint density at radius 1 is 1.12 bits per heavy atom. The monoisotopic (exact) mass is 214 g/mol. The van der Waals surface area contributed by atoms with Gasteiger partial charge in [-0.2, -0.15) is 0 Å². The predicted molar refractivity (Wildman–Crippen MR) is 62.4 cm³/mol. The number of hydrogen-bond acceptors (Lipinski definition) is 4. The molecule has 2 aromatic rings. The van der Waals surface area contributed by atoms with E-state index < -0.39 is 0 Å². The summed E-state index contributed by atoms with van der Waals surface area (Å²) in [6.45, 7) is 2.01. The van der Waals surface area contributed by atoms with Gasteiger partial charge in [-0.1, -0.05) is 6.07 Å². The van der Waals surface area contributed by atoms with E-state index in [1.165, 1.54) is 0 Å². The van der Waals surface area contributed by atoms with E-state index in [1.54, 1.807) is 12.4 Å². The summed E-state index contributed by atoms with van der Waals surface area (Å²) in [5.41, 5.74) is 6.04. The minimum atomic E-state index is -0.0459. The molecule has 4 nitrogen and oxygen atoms in total. The third-order valence-electron chi connectivity index (χ3n) is 2.44. The van der Waals surface area contributed by atoms with Gasteiger partial charge in [0.25, 0.3) is 0 Å². The van der Waals surface area contributed by atoms with E-state index in [1.807, 2.05) is 31.5 Å². The van der Waals surface area contributed by atoms with E-state index in [2.05, 4.69) is 21.5 Å². The predicted octanol–water partition coefficient (Wildman–Crippen LogP) is 1.34. The lowest BCUT2D eigenvalue weighted by Gasteiger charge is -2.16. The summed E-state index contributed by atoms with van der Waals surface area (Å²) in [5, 5.41) is 0. The van der Waals surface area contributed by atoms with Crippen LogP contribution in [0.15, 0.2) is 43.0 Å². The number of pyridine rings is 2. The van der Waals surface area contributed by atoms with Crippen molar-refractivity contribution in [2.45, 2.75) is 13.0 Å². The second-order valence-corrected chi connectivity index (χ2v) is 3.68.